The van der Waals surface area contributed by atoms with Crippen LogP contribution in [0.3, 0.4) is 0 Å². The Balaban J connectivity index is 1.70. The minimum Gasteiger partial charge on any atom is -0.472 e. The molecule has 0 saturated heterocycles. The third-order valence-electron chi connectivity index (χ3n) is 3.85. The van der Waals surface area contributed by atoms with E-state index in [1.54, 1.807) is 12.1 Å². The van der Waals surface area contributed by atoms with Crippen LogP contribution < -0.4 is 0 Å². The van der Waals surface area contributed by atoms with E-state index in [4.69, 9.17) is 8.92 Å². The number of ether oxygens (including phenoxy) is 1. The van der Waals surface area contributed by atoms with Crippen molar-refractivity contribution in [3.63, 3.8) is 0 Å². The highest BCUT2D eigenvalue weighted by Crippen LogP contribution is 2.20. The smallest absolute Gasteiger partial charge is 0.297 e. The van der Waals surface area contributed by atoms with Crippen LogP contribution in [-0.4, -0.2) is 33.1 Å². The van der Waals surface area contributed by atoms with Crippen LogP contribution >= 0.6 is 0 Å². The number of benzene rings is 2. The van der Waals surface area contributed by atoms with Crippen molar-refractivity contribution in [2.45, 2.75) is 30.9 Å². The lowest BCUT2D eigenvalue weighted by Crippen LogP contribution is -2.25. The first-order valence-corrected chi connectivity index (χ1v) is 9.12. The standard InChI is InChI=1S/C18H19NO4S/c1-13-8-10-16(11-9-13)24(20,21)22-12-17-14(2)23-18(19-17)15-6-4-3-5-7-15/h3-11,14,17H,12H2,1-2H3/t14-,17+/m1/s1. The summed E-state index contributed by atoms with van der Waals surface area (Å²) in [6.45, 7) is 3.70. The molecule has 0 unspecified atom stereocenters. The second-order valence-electron chi connectivity index (χ2n) is 5.74. The summed E-state index contributed by atoms with van der Waals surface area (Å²) < 4.78 is 35.4. The highest BCUT2D eigenvalue weighted by atomic mass is 32.2. The summed E-state index contributed by atoms with van der Waals surface area (Å²) in [5.41, 5.74) is 1.86. The van der Waals surface area contributed by atoms with Gasteiger partial charge < -0.3 is 4.74 Å². The molecule has 0 spiro atoms. The summed E-state index contributed by atoms with van der Waals surface area (Å²) in [6, 6.07) is 15.7. The average molecular weight is 345 g/mol. The Bertz CT molecular complexity index is 829. The van der Waals surface area contributed by atoms with Gasteiger partial charge in [0.1, 0.15) is 12.1 Å². The van der Waals surface area contributed by atoms with Gasteiger partial charge in [-0.3, -0.25) is 4.18 Å². The molecular formula is C18H19NO4S. The zero-order valence-corrected chi connectivity index (χ0v) is 14.4. The Morgan fingerprint density at radius 1 is 1.08 bits per heavy atom. The fourth-order valence-electron chi connectivity index (χ4n) is 2.37. The van der Waals surface area contributed by atoms with Crippen molar-refractivity contribution in [3.8, 4) is 0 Å². The van der Waals surface area contributed by atoms with E-state index in [1.165, 1.54) is 12.1 Å². The summed E-state index contributed by atoms with van der Waals surface area (Å²) in [6.07, 6.45) is -0.242. The number of nitrogens with zero attached hydrogens (tertiary/aromatic N) is 1. The van der Waals surface area contributed by atoms with E-state index in [1.807, 2.05) is 44.2 Å². The maximum atomic E-state index is 12.2. The van der Waals surface area contributed by atoms with E-state index in [2.05, 4.69) is 4.99 Å². The molecule has 24 heavy (non-hydrogen) atoms. The van der Waals surface area contributed by atoms with Crippen molar-refractivity contribution in [1.82, 2.24) is 0 Å². The third kappa shape index (κ3) is 3.66. The normalized spacial score (nSPS) is 20.5. The van der Waals surface area contributed by atoms with Crippen molar-refractivity contribution in [1.29, 1.82) is 0 Å². The lowest BCUT2D eigenvalue weighted by Gasteiger charge is -2.13. The molecule has 0 aromatic heterocycles. The monoisotopic (exact) mass is 345 g/mol. The summed E-state index contributed by atoms with van der Waals surface area (Å²) in [4.78, 5) is 4.60. The van der Waals surface area contributed by atoms with Crippen LogP contribution in [0.15, 0.2) is 64.5 Å². The molecule has 0 radical (unpaired) electrons. The topological polar surface area (TPSA) is 65.0 Å². The SMILES string of the molecule is Cc1ccc(S(=O)(=O)OC[C@@H]2N=C(c3ccccc3)O[C@@H]2C)cc1. The number of hydrogen-bond acceptors (Lipinski definition) is 5. The molecule has 126 valence electrons. The summed E-state index contributed by atoms with van der Waals surface area (Å²) in [7, 11) is -3.79. The van der Waals surface area contributed by atoms with Crippen molar-refractivity contribution in [2.24, 2.45) is 4.99 Å². The quantitative estimate of drug-likeness (QED) is 0.782. The minimum atomic E-state index is -3.79. The second kappa shape index (κ2) is 6.75. The molecule has 0 N–H and O–H groups in total. The van der Waals surface area contributed by atoms with Gasteiger partial charge in [0.15, 0.2) is 0 Å². The predicted octanol–water partition coefficient (Wildman–Crippen LogP) is 2.93. The van der Waals surface area contributed by atoms with Gasteiger partial charge in [-0.15, -0.1) is 0 Å². The Morgan fingerprint density at radius 2 is 1.75 bits per heavy atom. The summed E-state index contributed by atoms with van der Waals surface area (Å²) in [5.74, 6) is 0.518. The van der Waals surface area contributed by atoms with E-state index >= 15 is 0 Å². The molecule has 2 aromatic rings. The molecule has 6 heteroatoms. The molecule has 1 heterocycles. The summed E-state index contributed by atoms with van der Waals surface area (Å²) >= 11 is 0. The fourth-order valence-corrected chi connectivity index (χ4v) is 3.29. The number of aryl methyl sites for hydroxylation is 1. The van der Waals surface area contributed by atoms with Crippen LogP contribution in [-0.2, 0) is 19.0 Å². The zero-order chi connectivity index (χ0) is 17.2. The van der Waals surface area contributed by atoms with Gasteiger partial charge in [0.2, 0.25) is 5.90 Å². The first-order valence-electron chi connectivity index (χ1n) is 7.72. The zero-order valence-electron chi connectivity index (χ0n) is 13.5. The largest absolute Gasteiger partial charge is 0.472 e. The first kappa shape index (κ1) is 16.7. The number of rotatable bonds is 5. The highest BCUT2D eigenvalue weighted by Gasteiger charge is 2.30. The maximum Gasteiger partial charge on any atom is 0.297 e. The predicted molar refractivity (Wildman–Crippen MR) is 91.6 cm³/mol. The van der Waals surface area contributed by atoms with Gasteiger partial charge in [0, 0.05) is 5.56 Å². The van der Waals surface area contributed by atoms with Crippen molar-refractivity contribution < 1.29 is 17.3 Å². The Kier molecular flexibility index (Phi) is 4.69. The third-order valence-corrected chi connectivity index (χ3v) is 5.14. The lowest BCUT2D eigenvalue weighted by molar-refractivity contribution is 0.176. The molecule has 0 amide bonds. The van der Waals surface area contributed by atoms with Crippen LogP contribution in [0.2, 0.25) is 0 Å². The molecule has 0 aliphatic carbocycles. The summed E-state index contributed by atoms with van der Waals surface area (Å²) in [5, 5.41) is 0. The lowest BCUT2D eigenvalue weighted by atomic mass is 10.2. The van der Waals surface area contributed by atoms with Gasteiger partial charge in [-0.1, -0.05) is 35.9 Å². The molecule has 0 saturated carbocycles. The van der Waals surface area contributed by atoms with Gasteiger partial charge >= 0.3 is 0 Å². The van der Waals surface area contributed by atoms with Gasteiger partial charge in [-0.05, 0) is 38.1 Å². The first-order chi connectivity index (χ1) is 11.5. The molecule has 2 atom stereocenters. The Morgan fingerprint density at radius 3 is 2.42 bits per heavy atom. The van der Waals surface area contributed by atoms with Crippen molar-refractivity contribution in [2.75, 3.05) is 6.61 Å². The highest BCUT2D eigenvalue weighted by molar-refractivity contribution is 7.86. The minimum absolute atomic E-state index is 0.0479. The van der Waals surface area contributed by atoms with Crippen LogP contribution in [0.5, 0.6) is 0 Å². The van der Waals surface area contributed by atoms with Gasteiger partial charge in [-0.2, -0.15) is 8.42 Å². The molecule has 2 aromatic carbocycles. The Labute approximate surface area is 142 Å². The molecule has 0 fully saturated rings. The van der Waals surface area contributed by atoms with E-state index in [0.717, 1.165) is 11.1 Å². The van der Waals surface area contributed by atoms with E-state index in [-0.39, 0.29) is 23.6 Å². The van der Waals surface area contributed by atoms with Gasteiger partial charge in [-0.25, -0.2) is 4.99 Å². The Hall–Kier alpha value is -2.18. The second-order valence-corrected chi connectivity index (χ2v) is 7.36. The van der Waals surface area contributed by atoms with Crippen LogP contribution in [0, 0.1) is 6.92 Å². The fraction of sp³-hybridized carbons (Fsp3) is 0.278. The average Bonchev–Trinajstić information content (AvgIpc) is 2.95. The maximum absolute atomic E-state index is 12.2. The van der Waals surface area contributed by atoms with E-state index in [9.17, 15) is 8.42 Å². The molecule has 1 aliphatic rings. The van der Waals surface area contributed by atoms with Crippen molar-refractivity contribution in [3.05, 3.63) is 65.7 Å². The number of aliphatic imine (C=N–C) groups is 1. The molecule has 1 aliphatic heterocycles. The van der Waals surface area contributed by atoms with Crippen LogP contribution in [0.25, 0.3) is 0 Å². The van der Waals surface area contributed by atoms with E-state index in [0.29, 0.717) is 5.90 Å². The van der Waals surface area contributed by atoms with Crippen LogP contribution in [0.1, 0.15) is 18.1 Å². The van der Waals surface area contributed by atoms with Gasteiger partial charge in [0.05, 0.1) is 11.5 Å². The van der Waals surface area contributed by atoms with E-state index < -0.39 is 10.1 Å². The molecule has 0 bridgehead atoms. The number of hydrogen-bond donors (Lipinski definition) is 0. The molecular weight excluding hydrogens is 326 g/mol. The van der Waals surface area contributed by atoms with Crippen LogP contribution in [0.4, 0.5) is 0 Å². The molecule has 3 rings (SSSR count). The molecule has 5 nitrogen and oxygen atoms in total. The van der Waals surface area contributed by atoms with Gasteiger partial charge in [0.25, 0.3) is 10.1 Å². The van der Waals surface area contributed by atoms with Crippen molar-refractivity contribution >= 4 is 16.0 Å².